The van der Waals surface area contributed by atoms with Gasteiger partial charge < -0.3 is 9.73 Å². The molecule has 0 unspecified atom stereocenters. The highest BCUT2D eigenvalue weighted by Crippen LogP contribution is 2.07. The zero-order valence-electron chi connectivity index (χ0n) is 10.4. The summed E-state index contributed by atoms with van der Waals surface area (Å²) in [5.74, 6) is -0.0341. The van der Waals surface area contributed by atoms with Crippen molar-refractivity contribution in [1.82, 2.24) is 15.3 Å². The molecule has 2 aromatic heterocycles. The molecule has 0 fully saturated rings. The first-order chi connectivity index (χ1) is 8.66. The van der Waals surface area contributed by atoms with Crippen LogP contribution in [0.1, 0.15) is 28.7 Å². The van der Waals surface area contributed by atoms with Gasteiger partial charge in [0.05, 0.1) is 6.20 Å². The molecule has 1 atom stereocenters. The van der Waals surface area contributed by atoms with Crippen LogP contribution >= 0.6 is 0 Å². The Hall–Kier alpha value is -2.17. The van der Waals surface area contributed by atoms with Gasteiger partial charge in [0.1, 0.15) is 0 Å². The zero-order valence-corrected chi connectivity index (χ0v) is 10.4. The van der Waals surface area contributed by atoms with Gasteiger partial charge in [-0.2, -0.15) is 0 Å². The Morgan fingerprint density at radius 2 is 2.39 bits per heavy atom. The molecular weight excluding hydrogens is 230 g/mol. The Balaban J connectivity index is 1.95. The SMILES string of the molecule is Cc1cccnc1C[C@@H](C)NC(=O)c1cnco1. The largest absolute Gasteiger partial charge is 0.438 e. The van der Waals surface area contributed by atoms with Crippen molar-refractivity contribution in [3.8, 4) is 0 Å². The van der Waals surface area contributed by atoms with Crippen LogP contribution in [0, 0.1) is 6.92 Å². The van der Waals surface area contributed by atoms with E-state index in [0.29, 0.717) is 6.42 Å². The minimum absolute atomic E-state index is 0.0174. The number of rotatable bonds is 4. The highest BCUT2D eigenvalue weighted by molar-refractivity contribution is 5.91. The van der Waals surface area contributed by atoms with E-state index >= 15 is 0 Å². The van der Waals surface area contributed by atoms with Crippen molar-refractivity contribution in [2.45, 2.75) is 26.3 Å². The van der Waals surface area contributed by atoms with Crippen LogP contribution in [0.15, 0.2) is 35.3 Å². The van der Waals surface area contributed by atoms with Crippen molar-refractivity contribution in [3.63, 3.8) is 0 Å². The van der Waals surface area contributed by atoms with Crippen molar-refractivity contribution in [2.75, 3.05) is 0 Å². The summed E-state index contributed by atoms with van der Waals surface area (Å²) in [5.41, 5.74) is 2.11. The first-order valence-corrected chi connectivity index (χ1v) is 5.76. The van der Waals surface area contributed by atoms with Crippen molar-refractivity contribution >= 4 is 5.91 Å². The molecule has 0 bridgehead atoms. The summed E-state index contributed by atoms with van der Waals surface area (Å²) in [6.45, 7) is 3.94. The molecule has 2 heterocycles. The molecule has 5 nitrogen and oxygen atoms in total. The van der Waals surface area contributed by atoms with E-state index in [0.717, 1.165) is 11.3 Å². The second-order valence-electron chi connectivity index (χ2n) is 4.21. The molecule has 0 radical (unpaired) electrons. The van der Waals surface area contributed by atoms with Crippen LogP contribution < -0.4 is 5.32 Å². The van der Waals surface area contributed by atoms with Crippen LogP contribution in [0.25, 0.3) is 0 Å². The fraction of sp³-hybridized carbons (Fsp3) is 0.308. The average Bonchev–Trinajstić information content (AvgIpc) is 2.85. The van der Waals surface area contributed by atoms with Crippen LogP contribution in [0.5, 0.6) is 0 Å². The maximum atomic E-state index is 11.7. The third-order valence-electron chi connectivity index (χ3n) is 2.65. The molecule has 0 spiro atoms. The van der Waals surface area contributed by atoms with Crippen molar-refractivity contribution in [1.29, 1.82) is 0 Å². The number of nitrogens with zero attached hydrogens (tertiary/aromatic N) is 2. The van der Waals surface area contributed by atoms with Gasteiger partial charge in [-0.25, -0.2) is 4.98 Å². The quantitative estimate of drug-likeness (QED) is 0.890. The monoisotopic (exact) mass is 245 g/mol. The van der Waals surface area contributed by atoms with E-state index in [9.17, 15) is 4.79 Å². The number of carbonyl (C=O) groups excluding carboxylic acids is 1. The molecule has 1 amide bonds. The second-order valence-corrected chi connectivity index (χ2v) is 4.21. The topological polar surface area (TPSA) is 68.0 Å². The molecule has 94 valence electrons. The van der Waals surface area contributed by atoms with Gasteiger partial charge in [-0.3, -0.25) is 9.78 Å². The highest BCUT2D eigenvalue weighted by Gasteiger charge is 2.13. The Morgan fingerprint density at radius 1 is 1.56 bits per heavy atom. The Kier molecular flexibility index (Phi) is 3.72. The number of aryl methyl sites for hydroxylation is 1. The van der Waals surface area contributed by atoms with E-state index in [1.165, 1.54) is 12.6 Å². The van der Waals surface area contributed by atoms with E-state index in [1.54, 1.807) is 6.20 Å². The van der Waals surface area contributed by atoms with Crippen LogP contribution in [-0.2, 0) is 6.42 Å². The third kappa shape index (κ3) is 2.94. The number of nitrogens with one attached hydrogen (secondary N) is 1. The van der Waals surface area contributed by atoms with Gasteiger partial charge >= 0.3 is 0 Å². The second kappa shape index (κ2) is 5.44. The molecule has 18 heavy (non-hydrogen) atoms. The van der Waals surface area contributed by atoms with Crippen molar-refractivity contribution < 1.29 is 9.21 Å². The Bertz CT molecular complexity index is 523. The normalized spacial score (nSPS) is 12.1. The molecule has 0 saturated heterocycles. The van der Waals surface area contributed by atoms with Gasteiger partial charge in [0, 0.05) is 24.4 Å². The van der Waals surface area contributed by atoms with Crippen LogP contribution in [-0.4, -0.2) is 21.9 Å². The summed E-state index contributed by atoms with van der Waals surface area (Å²) in [5, 5.41) is 2.85. The highest BCUT2D eigenvalue weighted by atomic mass is 16.3. The molecule has 0 aliphatic rings. The van der Waals surface area contributed by atoms with Gasteiger partial charge in [-0.15, -0.1) is 0 Å². The van der Waals surface area contributed by atoms with E-state index in [1.807, 2.05) is 26.0 Å². The lowest BCUT2D eigenvalue weighted by atomic mass is 10.1. The van der Waals surface area contributed by atoms with E-state index < -0.39 is 0 Å². The molecule has 5 heteroatoms. The standard InChI is InChI=1S/C13H15N3O2/c1-9-4-3-5-15-11(9)6-10(2)16-13(17)12-7-14-8-18-12/h3-5,7-8,10H,6H2,1-2H3,(H,16,17)/t10-/m1/s1. The summed E-state index contributed by atoms with van der Waals surface area (Å²) in [4.78, 5) is 19.7. The van der Waals surface area contributed by atoms with Crippen LogP contribution in [0.2, 0.25) is 0 Å². The number of oxazole rings is 1. The van der Waals surface area contributed by atoms with Crippen LogP contribution in [0.4, 0.5) is 0 Å². The number of amides is 1. The average molecular weight is 245 g/mol. The van der Waals surface area contributed by atoms with Crippen molar-refractivity contribution in [3.05, 3.63) is 47.9 Å². The fourth-order valence-electron chi connectivity index (χ4n) is 1.70. The summed E-state index contributed by atoms with van der Waals surface area (Å²) in [6, 6.07) is 3.89. The fourth-order valence-corrected chi connectivity index (χ4v) is 1.70. The number of pyridine rings is 1. The predicted octanol–water partition coefficient (Wildman–Crippen LogP) is 1.74. The van der Waals surface area contributed by atoms with E-state index in [4.69, 9.17) is 4.42 Å². The number of hydrogen-bond donors (Lipinski definition) is 1. The van der Waals surface area contributed by atoms with Gasteiger partial charge in [0.15, 0.2) is 6.39 Å². The maximum Gasteiger partial charge on any atom is 0.288 e. The molecule has 2 rings (SSSR count). The molecular formula is C13H15N3O2. The van der Waals surface area contributed by atoms with Gasteiger partial charge in [0.25, 0.3) is 5.91 Å². The maximum absolute atomic E-state index is 11.7. The van der Waals surface area contributed by atoms with Crippen LogP contribution in [0.3, 0.4) is 0 Å². The lowest BCUT2D eigenvalue weighted by Gasteiger charge is -2.13. The summed E-state index contributed by atoms with van der Waals surface area (Å²) in [7, 11) is 0. The first-order valence-electron chi connectivity index (χ1n) is 5.76. The van der Waals surface area contributed by atoms with Gasteiger partial charge in [-0.05, 0) is 25.5 Å². The van der Waals surface area contributed by atoms with Gasteiger partial charge in [-0.1, -0.05) is 6.07 Å². The molecule has 0 aliphatic carbocycles. The Morgan fingerprint density at radius 3 is 3.06 bits per heavy atom. The predicted molar refractivity (Wildman–Crippen MR) is 66.1 cm³/mol. The smallest absolute Gasteiger partial charge is 0.288 e. The number of hydrogen-bond acceptors (Lipinski definition) is 4. The molecule has 2 aromatic rings. The number of aromatic nitrogens is 2. The third-order valence-corrected chi connectivity index (χ3v) is 2.65. The number of carbonyl (C=O) groups is 1. The summed E-state index contributed by atoms with van der Waals surface area (Å²) in [6.07, 6.45) is 5.08. The molecule has 1 N–H and O–H groups in total. The Labute approximate surface area is 105 Å². The van der Waals surface area contributed by atoms with Crippen molar-refractivity contribution in [2.24, 2.45) is 0 Å². The van der Waals surface area contributed by atoms with Gasteiger partial charge in [0.2, 0.25) is 5.76 Å². The summed E-state index contributed by atoms with van der Waals surface area (Å²) >= 11 is 0. The minimum atomic E-state index is -0.256. The van der Waals surface area contributed by atoms with E-state index in [2.05, 4.69) is 15.3 Å². The minimum Gasteiger partial charge on any atom is -0.438 e. The van der Waals surface area contributed by atoms with E-state index in [-0.39, 0.29) is 17.7 Å². The molecule has 0 saturated carbocycles. The lowest BCUT2D eigenvalue weighted by Crippen LogP contribution is -2.34. The summed E-state index contributed by atoms with van der Waals surface area (Å²) < 4.78 is 4.93. The molecule has 0 aromatic carbocycles. The first kappa shape index (κ1) is 12.3. The molecule has 0 aliphatic heterocycles. The lowest BCUT2D eigenvalue weighted by molar-refractivity contribution is 0.0912. The zero-order chi connectivity index (χ0) is 13.0.